The molecule has 0 aliphatic carbocycles. The van der Waals surface area contributed by atoms with Gasteiger partial charge in [-0.1, -0.05) is 6.07 Å². The van der Waals surface area contributed by atoms with Crippen LogP contribution in [0.4, 0.5) is 0 Å². The first-order valence-electron chi connectivity index (χ1n) is 3.49. The van der Waals surface area contributed by atoms with Crippen molar-refractivity contribution < 1.29 is 5.11 Å². The lowest BCUT2D eigenvalue weighted by atomic mass is 10.1. The topological polar surface area (TPSA) is 44.0 Å². The Bertz CT molecular complexity index is 341. The van der Waals surface area contributed by atoms with E-state index in [1.807, 2.05) is 13.0 Å². The lowest BCUT2D eigenvalue weighted by Gasteiger charge is -2.05. The Morgan fingerprint density at radius 2 is 2.25 bits per heavy atom. The molecule has 0 saturated carbocycles. The highest BCUT2D eigenvalue weighted by Crippen LogP contribution is 2.20. The van der Waals surface area contributed by atoms with Crippen LogP contribution >= 0.6 is 22.6 Å². The van der Waals surface area contributed by atoms with Crippen molar-refractivity contribution in [2.24, 2.45) is 0 Å². The standard InChI is InChI=1S/C9H8INO/c1-6-2-3-7(4-11)9(10)8(6)5-12/h2-3,12H,5H2,1H3. The Balaban J connectivity index is 3.36. The number of hydrogen-bond donors (Lipinski definition) is 1. The molecule has 3 heteroatoms. The molecule has 1 rings (SSSR count). The highest BCUT2D eigenvalue weighted by Gasteiger charge is 2.06. The molecule has 2 nitrogen and oxygen atoms in total. The zero-order chi connectivity index (χ0) is 9.14. The highest BCUT2D eigenvalue weighted by molar-refractivity contribution is 14.1. The van der Waals surface area contributed by atoms with Crippen LogP contribution in [0.15, 0.2) is 12.1 Å². The fraction of sp³-hybridized carbons (Fsp3) is 0.222. The van der Waals surface area contributed by atoms with Crippen LogP contribution in [-0.4, -0.2) is 5.11 Å². The van der Waals surface area contributed by atoms with Gasteiger partial charge in [0, 0.05) is 3.57 Å². The average Bonchev–Trinajstić information content (AvgIpc) is 2.06. The molecule has 0 atom stereocenters. The lowest BCUT2D eigenvalue weighted by molar-refractivity contribution is 0.280. The van der Waals surface area contributed by atoms with Crippen molar-refractivity contribution in [3.63, 3.8) is 0 Å². The summed E-state index contributed by atoms with van der Waals surface area (Å²) in [5, 5.41) is 17.7. The summed E-state index contributed by atoms with van der Waals surface area (Å²) in [6.07, 6.45) is 0. The summed E-state index contributed by atoms with van der Waals surface area (Å²) in [7, 11) is 0. The van der Waals surface area contributed by atoms with Crippen LogP contribution in [0.25, 0.3) is 0 Å². The fourth-order valence-corrected chi connectivity index (χ4v) is 1.89. The third-order valence-electron chi connectivity index (χ3n) is 1.76. The molecule has 0 aliphatic heterocycles. The molecule has 0 aromatic heterocycles. The molecule has 0 saturated heterocycles. The van der Waals surface area contributed by atoms with E-state index >= 15 is 0 Å². The van der Waals surface area contributed by atoms with E-state index in [2.05, 4.69) is 28.7 Å². The Morgan fingerprint density at radius 3 is 2.75 bits per heavy atom. The van der Waals surface area contributed by atoms with Gasteiger partial charge in [-0.2, -0.15) is 5.26 Å². The number of hydrogen-bond acceptors (Lipinski definition) is 2. The van der Waals surface area contributed by atoms with E-state index in [9.17, 15) is 0 Å². The van der Waals surface area contributed by atoms with Gasteiger partial charge in [0.25, 0.3) is 0 Å². The van der Waals surface area contributed by atoms with E-state index < -0.39 is 0 Å². The van der Waals surface area contributed by atoms with Gasteiger partial charge in [0.1, 0.15) is 6.07 Å². The Kier molecular flexibility index (Phi) is 3.06. The van der Waals surface area contributed by atoms with E-state index in [0.29, 0.717) is 5.56 Å². The molecule has 0 radical (unpaired) electrons. The summed E-state index contributed by atoms with van der Waals surface area (Å²) in [6.45, 7) is 1.93. The first kappa shape index (κ1) is 9.49. The van der Waals surface area contributed by atoms with Gasteiger partial charge in [0.15, 0.2) is 0 Å². The van der Waals surface area contributed by atoms with E-state index in [-0.39, 0.29) is 6.61 Å². The second-order valence-electron chi connectivity index (χ2n) is 2.49. The summed E-state index contributed by atoms with van der Waals surface area (Å²) in [6, 6.07) is 5.71. The smallest absolute Gasteiger partial charge is 0.100 e. The van der Waals surface area contributed by atoms with Crippen LogP contribution < -0.4 is 0 Å². The minimum absolute atomic E-state index is 0.000370. The fourth-order valence-electron chi connectivity index (χ4n) is 0.998. The van der Waals surface area contributed by atoms with Gasteiger partial charge in [-0.05, 0) is 46.7 Å². The maximum atomic E-state index is 9.01. The molecule has 62 valence electrons. The van der Waals surface area contributed by atoms with Gasteiger partial charge in [-0.25, -0.2) is 0 Å². The number of halogens is 1. The zero-order valence-electron chi connectivity index (χ0n) is 6.63. The van der Waals surface area contributed by atoms with Crippen molar-refractivity contribution in [1.82, 2.24) is 0 Å². The normalized spacial score (nSPS) is 9.50. The van der Waals surface area contributed by atoms with Crippen LogP contribution in [-0.2, 0) is 6.61 Å². The summed E-state index contributed by atoms with van der Waals surface area (Å²) in [5.74, 6) is 0. The molecule has 0 aliphatic rings. The predicted octanol–water partition coefficient (Wildman–Crippen LogP) is 1.96. The van der Waals surface area contributed by atoms with Crippen molar-refractivity contribution in [3.05, 3.63) is 32.4 Å². The van der Waals surface area contributed by atoms with Crippen LogP contribution in [0.2, 0.25) is 0 Å². The number of rotatable bonds is 1. The molecule has 0 bridgehead atoms. The van der Waals surface area contributed by atoms with Crippen LogP contribution in [0, 0.1) is 21.8 Å². The summed E-state index contributed by atoms with van der Waals surface area (Å²) in [4.78, 5) is 0. The molecule has 12 heavy (non-hydrogen) atoms. The molecule has 1 aromatic carbocycles. The first-order valence-corrected chi connectivity index (χ1v) is 4.57. The molecule has 0 spiro atoms. The van der Waals surface area contributed by atoms with Crippen molar-refractivity contribution in [1.29, 1.82) is 5.26 Å². The van der Waals surface area contributed by atoms with Gasteiger partial charge < -0.3 is 5.11 Å². The quantitative estimate of drug-likeness (QED) is 0.795. The van der Waals surface area contributed by atoms with Crippen molar-refractivity contribution in [2.75, 3.05) is 0 Å². The first-order chi connectivity index (χ1) is 5.70. The van der Waals surface area contributed by atoms with E-state index in [4.69, 9.17) is 10.4 Å². The minimum atomic E-state index is -0.000370. The van der Waals surface area contributed by atoms with Gasteiger partial charge in [0.05, 0.1) is 12.2 Å². The average molecular weight is 273 g/mol. The molecule has 0 fully saturated rings. The molecule has 1 aromatic rings. The largest absolute Gasteiger partial charge is 0.392 e. The van der Waals surface area contributed by atoms with Crippen LogP contribution in [0.3, 0.4) is 0 Å². The van der Waals surface area contributed by atoms with E-state index in [1.54, 1.807) is 6.07 Å². The third kappa shape index (κ3) is 1.59. The molecule has 0 heterocycles. The number of nitriles is 1. The summed E-state index contributed by atoms with van der Waals surface area (Å²) >= 11 is 2.08. The third-order valence-corrected chi connectivity index (χ3v) is 2.99. The second-order valence-corrected chi connectivity index (χ2v) is 3.57. The second kappa shape index (κ2) is 3.87. The highest BCUT2D eigenvalue weighted by atomic mass is 127. The van der Waals surface area contributed by atoms with Crippen molar-refractivity contribution in [3.8, 4) is 6.07 Å². The number of nitrogens with zero attached hydrogens (tertiary/aromatic N) is 1. The SMILES string of the molecule is Cc1ccc(C#N)c(I)c1CO. The lowest BCUT2D eigenvalue weighted by Crippen LogP contribution is -1.95. The van der Waals surface area contributed by atoms with E-state index in [0.717, 1.165) is 14.7 Å². The van der Waals surface area contributed by atoms with Crippen LogP contribution in [0.1, 0.15) is 16.7 Å². The zero-order valence-corrected chi connectivity index (χ0v) is 8.79. The number of aliphatic hydroxyl groups excluding tert-OH is 1. The van der Waals surface area contributed by atoms with Gasteiger partial charge in [-0.15, -0.1) is 0 Å². The summed E-state index contributed by atoms with van der Waals surface area (Å²) < 4.78 is 0.859. The van der Waals surface area contributed by atoms with Gasteiger partial charge in [-0.3, -0.25) is 0 Å². The maximum Gasteiger partial charge on any atom is 0.100 e. The predicted molar refractivity (Wildman–Crippen MR) is 54.5 cm³/mol. The molecular formula is C9H8INO. The minimum Gasteiger partial charge on any atom is -0.392 e. The van der Waals surface area contributed by atoms with E-state index in [1.165, 1.54) is 0 Å². The van der Waals surface area contributed by atoms with Crippen molar-refractivity contribution >= 4 is 22.6 Å². The Morgan fingerprint density at radius 1 is 1.58 bits per heavy atom. The molecule has 0 unspecified atom stereocenters. The number of aryl methyl sites for hydroxylation is 1. The number of aliphatic hydroxyl groups is 1. The van der Waals surface area contributed by atoms with Crippen LogP contribution in [0.5, 0.6) is 0 Å². The van der Waals surface area contributed by atoms with Gasteiger partial charge >= 0.3 is 0 Å². The maximum absolute atomic E-state index is 9.01. The summed E-state index contributed by atoms with van der Waals surface area (Å²) in [5.41, 5.74) is 2.51. The van der Waals surface area contributed by atoms with Crippen molar-refractivity contribution in [2.45, 2.75) is 13.5 Å². The molecule has 0 amide bonds. The molecule has 1 N–H and O–H groups in total. The molecular weight excluding hydrogens is 265 g/mol. The monoisotopic (exact) mass is 273 g/mol. The Hall–Kier alpha value is -0.600. The van der Waals surface area contributed by atoms with Gasteiger partial charge in [0.2, 0.25) is 0 Å². The number of benzene rings is 1. The Labute approximate surface area is 85.0 Å².